The van der Waals surface area contributed by atoms with Gasteiger partial charge in [0.2, 0.25) is 0 Å². The van der Waals surface area contributed by atoms with Crippen LogP contribution in [0.2, 0.25) is 5.02 Å². The van der Waals surface area contributed by atoms with Crippen LogP contribution in [0.4, 0.5) is 4.39 Å². The number of carbonyl (C=O) groups is 1. The number of ether oxygens (including phenoxy) is 1. The van der Waals surface area contributed by atoms with Crippen LogP contribution < -0.4 is 10.1 Å². The maximum Gasteiger partial charge on any atom is 0.258 e. The molecule has 3 nitrogen and oxygen atoms in total. The standard InChI is InChI=1S/C18H19ClFNO2/c1-12(2)18(13-7-9-14(20)10-8-13)21-17(22)11-23-16-6-4-3-5-15(16)19/h3-10,12,18H,11H2,1-2H3,(H,21,22)/t18-/m1/s1. The van der Waals surface area contributed by atoms with Crippen LogP contribution in [0.1, 0.15) is 25.5 Å². The molecule has 1 amide bonds. The molecule has 0 aliphatic rings. The summed E-state index contributed by atoms with van der Waals surface area (Å²) in [6.07, 6.45) is 0. The molecule has 2 rings (SSSR count). The number of carbonyl (C=O) groups excluding carboxylic acids is 1. The SMILES string of the molecule is CC(C)[C@@H](NC(=O)COc1ccccc1Cl)c1ccc(F)cc1. The second-order valence-electron chi connectivity index (χ2n) is 5.56. The van der Waals surface area contributed by atoms with Gasteiger partial charge in [0, 0.05) is 0 Å². The van der Waals surface area contributed by atoms with E-state index in [9.17, 15) is 9.18 Å². The third-order valence-electron chi connectivity index (χ3n) is 3.41. The fourth-order valence-electron chi connectivity index (χ4n) is 2.23. The average Bonchev–Trinajstić information content (AvgIpc) is 2.52. The molecule has 2 aromatic rings. The van der Waals surface area contributed by atoms with Gasteiger partial charge in [-0.15, -0.1) is 0 Å². The van der Waals surface area contributed by atoms with Crippen LogP contribution in [0.5, 0.6) is 5.75 Å². The van der Waals surface area contributed by atoms with Crippen molar-refractivity contribution in [3.05, 3.63) is 64.9 Å². The molecule has 0 aliphatic carbocycles. The lowest BCUT2D eigenvalue weighted by Crippen LogP contribution is -2.35. The topological polar surface area (TPSA) is 38.3 Å². The van der Waals surface area contributed by atoms with Gasteiger partial charge in [0.25, 0.3) is 5.91 Å². The van der Waals surface area contributed by atoms with E-state index in [1.165, 1.54) is 12.1 Å². The summed E-state index contributed by atoms with van der Waals surface area (Å²) >= 11 is 5.98. The maximum atomic E-state index is 13.0. The normalized spacial score (nSPS) is 12.0. The zero-order valence-corrected chi connectivity index (χ0v) is 13.8. The predicted octanol–water partition coefficient (Wildman–Crippen LogP) is 4.37. The molecule has 0 heterocycles. The molecule has 2 aromatic carbocycles. The molecule has 122 valence electrons. The lowest BCUT2D eigenvalue weighted by Gasteiger charge is -2.23. The van der Waals surface area contributed by atoms with Crippen molar-refractivity contribution in [3.63, 3.8) is 0 Å². The van der Waals surface area contributed by atoms with Crippen molar-refractivity contribution in [2.75, 3.05) is 6.61 Å². The van der Waals surface area contributed by atoms with Crippen LogP contribution in [-0.2, 0) is 4.79 Å². The maximum absolute atomic E-state index is 13.0. The Bertz CT molecular complexity index is 658. The van der Waals surface area contributed by atoms with Crippen molar-refractivity contribution in [1.29, 1.82) is 0 Å². The van der Waals surface area contributed by atoms with Gasteiger partial charge >= 0.3 is 0 Å². The van der Waals surface area contributed by atoms with E-state index in [1.54, 1.807) is 36.4 Å². The monoisotopic (exact) mass is 335 g/mol. The highest BCUT2D eigenvalue weighted by Gasteiger charge is 2.18. The summed E-state index contributed by atoms with van der Waals surface area (Å²) in [4.78, 5) is 12.1. The van der Waals surface area contributed by atoms with E-state index >= 15 is 0 Å². The van der Waals surface area contributed by atoms with Gasteiger partial charge in [-0.1, -0.05) is 49.7 Å². The molecule has 0 radical (unpaired) electrons. The second kappa shape index (κ2) is 7.97. The Morgan fingerprint density at radius 2 is 1.83 bits per heavy atom. The van der Waals surface area contributed by atoms with Gasteiger partial charge in [-0.05, 0) is 35.7 Å². The van der Waals surface area contributed by atoms with E-state index in [1.807, 2.05) is 13.8 Å². The lowest BCUT2D eigenvalue weighted by molar-refractivity contribution is -0.124. The number of nitrogens with one attached hydrogen (secondary N) is 1. The van der Waals surface area contributed by atoms with Crippen LogP contribution >= 0.6 is 11.6 Å². The van der Waals surface area contributed by atoms with Gasteiger partial charge in [-0.2, -0.15) is 0 Å². The molecule has 0 fully saturated rings. The fraction of sp³-hybridized carbons (Fsp3) is 0.278. The largest absolute Gasteiger partial charge is 0.482 e. The third-order valence-corrected chi connectivity index (χ3v) is 3.72. The first-order valence-corrected chi connectivity index (χ1v) is 7.77. The molecule has 0 bridgehead atoms. The Morgan fingerprint density at radius 1 is 1.17 bits per heavy atom. The van der Waals surface area contributed by atoms with Gasteiger partial charge in [-0.3, -0.25) is 4.79 Å². The van der Waals surface area contributed by atoms with E-state index in [0.29, 0.717) is 10.8 Å². The molecule has 0 unspecified atom stereocenters. The molecule has 1 N–H and O–H groups in total. The van der Waals surface area contributed by atoms with Gasteiger partial charge in [0.05, 0.1) is 11.1 Å². The molecule has 1 atom stereocenters. The minimum atomic E-state index is -0.301. The summed E-state index contributed by atoms with van der Waals surface area (Å²) in [6, 6.07) is 12.9. The summed E-state index contributed by atoms with van der Waals surface area (Å²) in [6.45, 7) is 3.85. The van der Waals surface area contributed by atoms with Crippen molar-refractivity contribution in [2.45, 2.75) is 19.9 Å². The molecule has 5 heteroatoms. The zero-order valence-electron chi connectivity index (χ0n) is 13.1. The number of hydrogen-bond donors (Lipinski definition) is 1. The molecular formula is C18H19ClFNO2. The highest BCUT2D eigenvalue weighted by molar-refractivity contribution is 6.32. The van der Waals surface area contributed by atoms with Crippen molar-refractivity contribution in [2.24, 2.45) is 5.92 Å². The first-order valence-electron chi connectivity index (χ1n) is 7.39. The van der Waals surface area contributed by atoms with Crippen LogP contribution in [0.3, 0.4) is 0 Å². The van der Waals surface area contributed by atoms with E-state index in [-0.39, 0.29) is 30.3 Å². The van der Waals surface area contributed by atoms with Crippen LogP contribution in [-0.4, -0.2) is 12.5 Å². The minimum Gasteiger partial charge on any atom is -0.482 e. The highest BCUT2D eigenvalue weighted by atomic mass is 35.5. The first-order chi connectivity index (χ1) is 11.0. The Hall–Kier alpha value is -2.07. The van der Waals surface area contributed by atoms with Crippen molar-refractivity contribution < 1.29 is 13.9 Å². The second-order valence-corrected chi connectivity index (χ2v) is 5.97. The number of para-hydroxylation sites is 1. The van der Waals surface area contributed by atoms with E-state index in [4.69, 9.17) is 16.3 Å². The van der Waals surface area contributed by atoms with E-state index < -0.39 is 0 Å². The van der Waals surface area contributed by atoms with Crippen LogP contribution in [0.25, 0.3) is 0 Å². The molecule has 0 aromatic heterocycles. The zero-order chi connectivity index (χ0) is 16.8. The number of hydrogen-bond acceptors (Lipinski definition) is 2. The summed E-state index contributed by atoms with van der Waals surface area (Å²) in [5.41, 5.74) is 0.854. The minimum absolute atomic E-state index is 0.131. The predicted molar refractivity (Wildman–Crippen MR) is 89.1 cm³/mol. The summed E-state index contributed by atoms with van der Waals surface area (Å²) in [5.74, 6) is 0.0644. The van der Waals surface area contributed by atoms with Crippen LogP contribution in [0.15, 0.2) is 48.5 Å². The number of rotatable bonds is 6. The number of amides is 1. The molecule has 0 saturated carbocycles. The van der Waals surface area contributed by atoms with Gasteiger partial charge in [0.15, 0.2) is 6.61 Å². The number of benzene rings is 2. The lowest BCUT2D eigenvalue weighted by atomic mass is 9.96. The Balaban J connectivity index is 1.98. The Morgan fingerprint density at radius 3 is 2.43 bits per heavy atom. The van der Waals surface area contributed by atoms with Gasteiger partial charge in [0.1, 0.15) is 11.6 Å². The molecule has 0 saturated heterocycles. The average molecular weight is 336 g/mol. The van der Waals surface area contributed by atoms with Crippen molar-refractivity contribution >= 4 is 17.5 Å². The third kappa shape index (κ3) is 4.96. The molecule has 23 heavy (non-hydrogen) atoms. The first kappa shape index (κ1) is 17.3. The van der Waals surface area contributed by atoms with E-state index in [2.05, 4.69) is 5.32 Å². The van der Waals surface area contributed by atoms with E-state index in [0.717, 1.165) is 5.56 Å². The smallest absolute Gasteiger partial charge is 0.258 e. The quantitative estimate of drug-likeness (QED) is 0.851. The van der Waals surface area contributed by atoms with Gasteiger partial charge < -0.3 is 10.1 Å². The van der Waals surface area contributed by atoms with Crippen molar-refractivity contribution in [1.82, 2.24) is 5.32 Å². The fourth-order valence-corrected chi connectivity index (χ4v) is 2.42. The van der Waals surface area contributed by atoms with Crippen molar-refractivity contribution in [3.8, 4) is 5.75 Å². The molecule has 0 aliphatic heterocycles. The summed E-state index contributed by atoms with van der Waals surface area (Å²) in [7, 11) is 0. The summed E-state index contributed by atoms with van der Waals surface area (Å²) < 4.78 is 18.5. The highest BCUT2D eigenvalue weighted by Crippen LogP contribution is 2.24. The Labute approximate surface area is 140 Å². The number of halogens is 2. The Kier molecular flexibility index (Phi) is 5.99. The summed E-state index contributed by atoms with van der Waals surface area (Å²) in [5, 5.41) is 3.37. The molecular weight excluding hydrogens is 317 g/mol. The van der Waals surface area contributed by atoms with Crippen LogP contribution in [0, 0.1) is 11.7 Å². The molecule has 0 spiro atoms. The van der Waals surface area contributed by atoms with Gasteiger partial charge in [-0.25, -0.2) is 4.39 Å².